The molecule has 3 nitrogen and oxygen atoms in total. The Morgan fingerprint density at radius 1 is 1.40 bits per heavy atom. The Kier molecular flexibility index (Phi) is 3.80. The molecule has 0 unspecified atom stereocenters. The molecule has 0 bridgehead atoms. The maximum Gasteiger partial charge on any atom is 0.330 e. The fourth-order valence-electron chi connectivity index (χ4n) is 1.17. The monoisotopic (exact) mass is 204 g/mol. The van der Waals surface area contributed by atoms with E-state index in [9.17, 15) is 9.59 Å². The van der Waals surface area contributed by atoms with E-state index in [1.807, 2.05) is 13.0 Å². The molecule has 0 aliphatic rings. The minimum atomic E-state index is -0.396. The Balaban J connectivity index is 2.88. The van der Waals surface area contributed by atoms with Gasteiger partial charge in [0.15, 0.2) is 0 Å². The van der Waals surface area contributed by atoms with Crippen LogP contribution in [-0.2, 0) is 9.53 Å². The SMILES string of the molecule is COC(=O)C=Cc1ccc(C=O)c(C)c1. The predicted molar refractivity (Wildman–Crippen MR) is 57.6 cm³/mol. The zero-order chi connectivity index (χ0) is 11.3. The van der Waals surface area contributed by atoms with Gasteiger partial charge in [0.2, 0.25) is 0 Å². The predicted octanol–water partition coefficient (Wildman–Crippen LogP) is 1.99. The Bertz CT molecular complexity index is 405. The molecule has 0 aromatic heterocycles. The van der Waals surface area contributed by atoms with E-state index in [0.717, 1.165) is 17.4 Å². The average molecular weight is 204 g/mol. The van der Waals surface area contributed by atoms with Gasteiger partial charge in [-0.05, 0) is 24.1 Å². The molecule has 3 heteroatoms. The molecule has 0 fully saturated rings. The minimum Gasteiger partial charge on any atom is -0.466 e. The maximum atomic E-state index is 10.8. The van der Waals surface area contributed by atoms with Crippen molar-refractivity contribution >= 4 is 18.3 Å². The topological polar surface area (TPSA) is 43.4 Å². The summed E-state index contributed by atoms with van der Waals surface area (Å²) in [5.74, 6) is -0.396. The Morgan fingerprint density at radius 3 is 2.67 bits per heavy atom. The number of carbonyl (C=O) groups is 2. The number of rotatable bonds is 3. The summed E-state index contributed by atoms with van der Waals surface area (Å²) in [6.07, 6.45) is 3.80. The van der Waals surface area contributed by atoms with Crippen molar-refractivity contribution in [3.8, 4) is 0 Å². The second kappa shape index (κ2) is 5.10. The van der Waals surface area contributed by atoms with Crippen LogP contribution >= 0.6 is 0 Å². The molecule has 0 aliphatic carbocycles. The summed E-state index contributed by atoms with van der Waals surface area (Å²) in [5, 5.41) is 0. The van der Waals surface area contributed by atoms with Crippen molar-refractivity contribution in [2.24, 2.45) is 0 Å². The smallest absolute Gasteiger partial charge is 0.330 e. The number of aryl methyl sites for hydroxylation is 1. The number of carbonyl (C=O) groups excluding carboxylic acids is 2. The Morgan fingerprint density at radius 2 is 2.13 bits per heavy atom. The van der Waals surface area contributed by atoms with Crippen LogP contribution in [0, 0.1) is 6.92 Å². The molecule has 1 aromatic rings. The van der Waals surface area contributed by atoms with Gasteiger partial charge in [0, 0.05) is 11.6 Å². The van der Waals surface area contributed by atoms with Crippen LogP contribution < -0.4 is 0 Å². The van der Waals surface area contributed by atoms with E-state index >= 15 is 0 Å². The van der Waals surface area contributed by atoms with Crippen LogP contribution in [0.1, 0.15) is 21.5 Å². The highest BCUT2D eigenvalue weighted by Gasteiger charge is 1.97. The molecular weight excluding hydrogens is 192 g/mol. The lowest BCUT2D eigenvalue weighted by molar-refractivity contribution is -0.134. The van der Waals surface area contributed by atoms with Gasteiger partial charge in [0.25, 0.3) is 0 Å². The molecule has 0 atom stereocenters. The van der Waals surface area contributed by atoms with Gasteiger partial charge in [-0.15, -0.1) is 0 Å². The lowest BCUT2D eigenvalue weighted by Crippen LogP contribution is -1.93. The molecule has 1 aromatic carbocycles. The quantitative estimate of drug-likeness (QED) is 0.429. The van der Waals surface area contributed by atoms with E-state index in [1.165, 1.54) is 13.2 Å². The van der Waals surface area contributed by atoms with E-state index < -0.39 is 5.97 Å². The zero-order valence-corrected chi connectivity index (χ0v) is 8.69. The van der Waals surface area contributed by atoms with Crippen molar-refractivity contribution in [3.05, 3.63) is 41.0 Å². The van der Waals surface area contributed by atoms with Gasteiger partial charge in [0.05, 0.1) is 7.11 Å². The number of esters is 1. The number of hydrogen-bond acceptors (Lipinski definition) is 3. The molecule has 0 saturated heterocycles. The van der Waals surface area contributed by atoms with Crippen molar-refractivity contribution < 1.29 is 14.3 Å². The standard InChI is InChI=1S/C12H12O3/c1-9-7-10(3-5-11(9)8-13)4-6-12(14)15-2/h3-8H,1-2H3. The fourth-order valence-corrected chi connectivity index (χ4v) is 1.17. The summed E-state index contributed by atoms with van der Waals surface area (Å²) in [6, 6.07) is 5.33. The number of hydrogen-bond donors (Lipinski definition) is 0. The third-order valence-corrected chi connectivity index (χ3v) is 2.03. The lowest BCUT2D eigenvalue weighted by Gasteiger charge is -1.99. The van der Waals surface area contributed by atoms with Gasteiger partial charge < -0.3 is 4.74 Å². The molecule has 0 amide bonds. The van der Waals surface area contributed by atoms with Gasteiger partial charge in [-0.3, -0.25) is 4.79 Å². The van der Waals surface area contributed by atoms with Crippen molar-refractivity contribution in [3.63, 3.8) is 0 Å². The first-order valence-corrected chi connectivity index (χ1v) is 4.49. The van der Waals surface area contributed by atoms with Gasteiger partial charge in [-0.1, -0.05) is 18.2 Å². The van der Waals surface area contributed by atoms with Crippen LogP contribution in [0.15, 0.2) is 24.3 Å². The molecule has 15 heavy (non-hydrogen) atoms. The summed E-state index contributed by atoms with van der Waals surface area (Å²) < 4.78 is 4.47. The largest absolute Gasteiger partial charge is 0.466 e. The number of methoxy groups -OCH3 is 1. The number of ether oxygens (including phenoxy) is 1. The third-order valence-electron chi connectivity index (χ3n) is 2.03. The first-order chi connectivity index (χ1) is 7.17. The second-order valence-electron chi connectivity index (χ2n) is 3.09. The molecule has 1 rings (SSSR count). The summed E-state index contributed by atoms with van der Waals surface area (Å²) in [4.78, 5) is 21.4. The fraction of sp³-hybridized carbons (Fsp3) is 0.167. The van der Waals surface area contributed by atoms with Crippen LogP contribution in [0.5, 0.6) is 0 Å². The summed E-state index contributed by atoms with van der Waals surface area (Å²) >= 11 is 0. The molecular formula is C12H12O3. The molecule has 0 heterocycles. The first kappa shape index (κ1) is 11.2. The zero-order valence-electron chi connectivity index (χ0n) is 8.69. The van der Waals surface area contributed by atoms with E-state index in [2.05, 4.69) is 4.74 Å². The van der Waals surface area contributed by atoms with Crippen molar-refractivity contribution in [1.29, 1.82) is 0 Å². The number of aldehydes is 1. The Hall–Kier alpha value is -1.90. The van der Waals surface area contributed by atoms with Gasteiger partial charge >= 0.3 is 5.97 Å². The normalized spacial score (nSPS) is 10.3. The van der Waals surface area contributed by atoms with Crippen LogP contribution in [0.2, 0.25) is 0 Å². The molecule has 0 aliphatic heterocycles. The van der Waals surface area contributed by atoms with E-state index in [1.54, 1.807) is 18.2 Å². The van der Waals surface area contributed by atoms with Crippen LogP contribution in [0.3, 0.4) is 0 Å². The minimum absolute atomic E-state index is 0.396. The maximum absolute atomic E-state index is 10.8. The summed E-state index contributed by atoms with van der Waals surface area (Å²) in [6.45, 7) is 1.85. The summed E-state index contributed by atoms with van der Waals surface area (Å²) in [7, 11) is 1.33. The number of benzene rings is 1. The molecule has 78 valence electrons. The highest BCUT2D eigenvalue weighted by atomic mass is 16.5. The second-order valence-corrected chi connectivity index (χ2v) is 3.09. The molecule has 0 radical (unpaired) electrons. The highest BCUT2D eigenvalue weighted by Crippen LogP contribution is 2.10. The molecule has 0 saturated carbocycles. The molecule has 0 N–H and O–H groups in total. The first-order valence-electron chi connectivity index (χ1n) is 4.49. The van der Waals surface area contributed by atoms with E-state index in [-0.39, 0.29) is 0 Å². The lowest BCUT2D eigenvalue weighted by atomic mass is 10.1. The van der Waals surface area contributed by atoms with Gasteiger partial charge in [-0.25, -0.2) is 4.79 Å². The van der Waals surface area contributed by atoms with Gasteiger partial charge in [0.1, 0.15) is 6.29 Å². The highest BCUT2D eigenvalue weighted by molar-refractivity contribution is 5.87. The van der Waals surface area contributed by atoms with Crippen molar-refractivity contribution in [1.82, 2.24) is 0 Å². The van der Waals surface area contributed by atoms with Crippen LogP contribution in [-0.4, -0.2) is 19.4 Å². The summed E-state index contributed by atoms with van der Waals surface area (Å²) in [5.41, 5.74) is 2.41. The average Bonchev–Trinajstić information content (AvgIpc) is 2.26. The molecule has 0 spiro atoms. The van der Waals surface area contributed by atoms with Crippen LogP contribution in [0.25, 0.3) is 6.08 Å². The third kappa shape index (κ3) is 3.06. The van der Waals surface area contributed by atoms with Crippen molar-refractivity contribution in [2.75, 3.05) is 7.11 Å². The van der Waals surface area contributed by atoms with E-state index in [0.29, 0.717) is 5.56 Å². The van der Waals surface area contributed by atoms with Crippen LogP contribution in [0.4, 0.5) is 0 Å². The van der Waals surface area contributed by atoms with Crippen molar-refractivity contribution in [2.45, 2.75) is 6.92 Å². The van der Waals surface area contributed by atoms with Gasteiger partial charge in [-0.2, -0.15) is 0 Å². The Labute approximate surface area is 88.4 Å². The van der Waals surface area contributed by atoms with E-state index in [4.69, 9.17) is 0 Å².